The fourth-order valence-electron chi connectivity index (χ4n) is 1.78. The molecule has 4 nitrogen and oxygen atoms in total. The highest BCUT2D eigenvalue weighted by Gasteiger charge is 2.14. The van der Waals surface area contributed by atoms with E-state index in [9.17, 15) is 4.79 Å². The summed E-state index contributed by atoms with van der Waals surface area (Å²) in [6.07, 6.45) is 0.751. The largest absolute Gasteiger partial charge is 0.296 e. The van der Waals surface area contributed by atoms with Crippen LogP contribution >= 0.6 is 15.9 Å². The topological polar surface area (TPSA) is 47.8 Å². The number of carbonyl (C=O) groups is 1. The fraction of sp³-hybridized carbons (Fsp3) is 0.308. The molecule has 0 spiro atoms. The van der Waals surface area contributed by atoms with Gasteiger partial charge in [0, 0.05) is 16.6 Å². The Morgan fingerprint density at radius 2 is 2.00 bits per heavy atom. The molecular weight excluding hydrogens is 294 g/mol. The molecule has 0 aliphatic rings. The fourth-order valence-corrected chi connectivity index (χ4v) is 2.05. The van der Waals surface area contributed by atoms with Gasteiger partial charge in [0.05, 0.1) is 5.69 Å². The standard InChI is InChI=1S/C13H14BrN3O/c1-9(2)7-17-13(12(8-18)15-16-17)10-3-5-11(14)6-4-10/h3-6,8-9H,7H2,1-2H3. The SMILES string of the molecule is CC(C)Cn1nnc(C=O)c1-c1ccc(Br)cc1. The molecule has 0 N–H and O–H groups in total. The highest BCUT2D eigenvalue weighted by atomic mass is 79.9. The normalized spacial score (nSPS) is 10.9. The van der Waals surface area contributed by atoms with Crippen molar-refractivity contribution in [1.82, 2.24) is 15.0 Å². The summed E-state index contributed by atoms with van der Waals surface area (Å²) in [5, 5.41) is 7.97. The van der Waals surface area contributed by atoms with E-state index in [1.54, 1.807) is 4.68 Å². The monoisotopic (exact) mass is 307 g/mol. The maximum Gasteiger partial charge on any atom is 0.172 e. The molecule has 1 aromatic heterocycles. The highest BCUT2D eigenvalue weighted by Crippen LogP contribution is 2.24. The van der Waals surface area contributed by atoms with E-state index in [1.807, 2.05) is 24.3 Å². The van der Waals surface area contributed by atoms with Crippen LogP contribution in [0.15, 0.2) is 28.7 Å². The quantitative estimate of drug-likeness (QED) is 0.815. The van der Waals surface area contributed by atoms with E-state index in [0.29, 0.717) is 11.6 Å². The van der Waals surface area contributed by atoms with Crippen molar-refractivity contribution in [2.45, 2.75) is 20.4 Å². The lowest BCUT2D eigenvalue weighted by molar-refractivity contribution is 0.111. The van der Waals surface area contributed by atoms with Crippen LogP contribution in [-0.2, 0) is 6.54 Å². The number of carbonyl (C=O) groups excluding carboxylic acids is 1. The molecule has 0 bridgehead atoms. The van der Waals surface area contributed by atoms with E-state index in [2.05, 4.69) is 40.1 Å². The minimum Gasteiger partial charge on any atom is -0.296 e. The van der Waals surface area contributed by atoms with Gasteiger partial charge in [0.1, 0.15) is 0 Å². The third-order valence-corrected chi connectivity index (χ3v) is 3.06. The van der Waals surface area contributed by atoms with Gasteiger partial charge in [-0.3, -0.25) is 4.79 Å². The van der Waals surface area contributed by atoms with Gasteiger partial charge in [-0.25, -0.2) is 4.68 Å². The predicted octanol–water partition coefficient (Wildman–Crippen LogP) is 3.18. The number of aldehydes is 1. The molecule has 2 aromatic rings. The molecular formula is C13H14BrN3O. The Hall–Kier alpha value is -1.49. The molecule has 94 valence electrons. The minimum atomic E-state index is 0.387. The van der Waals surface area contributed by atoms with Crippen LogP contribution in [0.5, 0.6) is 0 Å². The zero-order chi connectivity index (χ0) is 13.1. The first-order chi connectivity index (χ1) is 8.61. The van der Waals surface area contributed by atoms with Crippen LogP contribution in [-0.4, -0.2) is 21.3 Å². The van der Waals surface area contributed by atoms with Crippen LogP contribution in [0, 0.1) is 5.92 Å². The number of rotatable bonds is 4. The van der Waals surface area contributed by atoms with Crippen LogP contribution in [0.3, 0.4) is 0 Å². The van der Waals surface area contributed by atoms with E-state index in [4.69, 9.17) is 0 Å². The molecule has 0 saturated heterocycles. The minimum absolute atomic E-state index is 0.387. The zero-order valence-corrected chi connectivity index (χ0v) is 11.9. The van der Waals surface area contributed by atoms with Gasteiger partial charge in [0.15, 0.2) is 12.0 Å². The van der Waals surface area contributed by atoms with Crippen molar-refractivity contribution in [3.05, 3.63) is 34.4 Å². The van der Waals surface area contributed by atoms with Crippen LogP contribution in [0.25, 0.3) is 11.3 Å². The summed E-state index contributed by atoms with van der Waals surface area (Å²) in [6.45, 7) is 4.95. The first kappa shape index (κ1) is 13.0. The average Bonchev–Trinajstić information content (AvgIpc) is 2.72. The number of nitrogens with zero attached hydrogens (tertiary/aromatic N) is 3. The number of hydrogen-bond acceptors (Lipinski definition) is 3. The first-order valence-corrected chi connectivity index (χ1v) is 6.55. The van der Waals surface area contributed by atoms with Crippen LogP contribution < -0.4 is 0 Å². The molecule has 18 heavy (non-hydrogen) atoms. The molecule has 0 fully saturated rings. The number of aromatic nitrogens is 3. The maximum absolute atomic E-state index is 11.0. The summed E-state index contributed by atoms with van der Waals surface area (Å²) >= 11 is 3.40. The average molecular weight is 308 g/mol. The molecule has 1 heterocycles. The van der Waals surface area contributed by atoms with Gasteiger partial charge in [0.25, 0.3) is 0 Å². The van der Waals surface area contributed by atoms with Gasteiger partial charge in [-0.1, -0.05) is 47.1 Å². The molecule has 2 rings (SSSR count). The van der Waals surface area contributed by atoms with Crippen LogP contribution in [0.2, 0.25) is 0 Å². The van der Waals surface area contributed by atoms with E-state index >= 15 is 0 Å². The van der Waals surface area contributed by atoms with Crippen LogP contribution in [0.4, 0.5) is 0 Å². The van der Waals surface area contributed by atoms with Crippen LogP contribution in [0.1, 0.15) is 24.3 Å². The van der Waals surface area contributed by atoms with Gasteiger partial charge < -0.3 is 0 Å². The summed E-state index contributed by atoms with van der Waals surface area (Å²) < 4.78 is 2.79. The lowest BCUT2D eigenvalue weighted by Gasteiger charge is -2.09. The van der Waals surface area contributed by atoms with Gasteiger partial charge >= 0.3 is 0 Å². The smallest absolute Gasteiger partial charge is 0.172 e. The Balaban J connectivity index is 2.49. The first-order valence-electron chi connectivity index (χ1n) is 5.76. The Labute approximate surface area is 114 Å². The molecule has 0 amide bonds. The lowest BCUT2D eigenvalue weighted by atomic mass is 10.1. The zero-order valence-electron chi connectivity index (χ0n) is 10.3. The molecule has 0 saturated carbocycles. The lowest BCUT2D eigenvalue weighted by Crippen LogP contribution is -2.08. The second-order valence-electron chi connectivity index (χ2n) is 4.52. The Bertz CT molecular complexity index is 546. The van der Waals surface area contributed by atoms with E-state index < -0.39 is 0 Å². The van der Waals surface area contributed by atoms with Crippen molar-refractivity contribution >= 4 is 22.2 Å². The Morgan fingerprint density at radius 3 is 2.56 bits per heavy atom. The number of hydrogen-bond donors (Lipinski definition) is 0. The van der Waals surface area contributed by atoms with Crippen molar-refractivity contribution in [2.24, 2.45) is 5.92 Å². The van der Waals surface area contributed by atoms with Gasteiger partial charge in [-0.2, -0.15) is 0 Å². The molecule has 0 aliphatic heterocycles. The molecule has 0 aliphatic carbocycles. The summed E-state index contributed by atoms with van der Waals surface area (Å²) in [5.41, 5.74) is 2.12. The van der Waals surface area contributed by atoms with Crippen molar-refractivity contribution in [3.63, 3.8) is 0 Å². The van der Waals surface area contributed by atoms with Crippen molar-refractivity contribution < 1.29 is 4.79 Å². The summed E-state index contributed by atoms with van der Waals surface area (Å²) in [4.78, 5) is 11.0. The molecule has 5 heteroatoms. The number of halogens is 1. The van der Waals surface area contributed by atoms with Gasteiger partial charge in [0.2, 0.25) is 0 Å². The van der Waals surface area contributed by atoms with E-state index in [-0.39, 0.29) is 0 Å². The molecule has 1 aromatic carbocycles. The highest BCUT2D eigenvalue weighted by molar-refractivity contribution is 9.10. The third-order valence-electron chi connectivity index (χ3n) is 2.53. The second-order valence-corrected chi connectivity index (χ2v) is 5.44. The van der Waals surface area contributed by atoms with Gasteiger partial charge in [-0.05, 0) is 18.1 Å². The van der Waals surface area contributed by atoms with Crippen molar-refractivity contribution in [3.8, 4) is 11.3 Å². The summed E-state index contributed by atoms with van der Waals surface area (Å²) in [7, 11) is 0. The summed E-state index contributed by atoms with van der Waals surface area (Å²) in [6, 6.07) is 7.78. The van der Waals surface area contributed by atoms with Crippen molar-refractivity contribution in [2.75, 3.05) is 0 Å². The molecule has 0 atom stereocenters. The van der Waals surface area contributed by atoms with Crippen molar-refractivity contribution in [1.29, 1.82) is 0 Å². The maximum atomic E-state index is 11.0. The second kappa shape index (κ2) is 5.44. The molecule has 0 unspecified atom stereocenters. The Morgan fingerprint density at radius 1 is 1.33 bits per heavy atom. The number of benzene rings is 1. The predicted molar refractivity (Wildman–Crippen MR) is 73.4 cm³/mol. The van der Waals surface area contributed by atoms with E-state index in [0.717, 1.165) is 28.6 Å². The Kier molecular flexibility index (Phi) is 3.91. The third kappa shape index (κ3) is 2.67. The summed E-state index contributed by atoms with van der Waals surface area (Å²) in [5.74, 6) is 0.445. The van der Waals surface area contributed by atoms with Gasteiger partial charge in [-0.15, -0.1) is 5.10 Å². The molecule has 0 radical (unpaired) electrons. The van der Waals surface area contributed by atoms with E-state index in [1.165, 1.54) is 0 Å².